The third-order valence-electron chi connectivity index (χ3n) is 3.66. The SMILES string of the molecule is Cc1cc(-c2cc(=O)n(CC(=O)Nc3cc(C)on3)nc2C(C)C)on1. The highest BCUT2D eigenvalue weighted by Gasteiger charge is 2.18. The number of anilines is 1. The van der Waals surface area contributed by atoms with Crippen molar-refractivity contribution >= 4 is 11.7 Å². The van der Waals surface area contributed by atoms with Crippen LogP contribution in [0.1, 0.15) is 36.9 Å². The summed E-state index contributed by atoms with van der Waals surface area (Å²) >= 11 is 0. The van der Waals surface area contributed by atoms with Crippen LogP contribution in [0.15, 0.2) is 32.0 Å². The molecule has 9 nitrogen and oxygen atoms in total. The van der Waals surface area contributed by atoms with Crippen molar-refractivity contribution in [1.29, 1.82) is 0 Å². The lowest BCUT2D eigenvalue weighted by atomic mass is 10.0. The number of aryl methyl sites for hydroxylation is 2. The number of carbonyl (C=O) groups excluding carboxylic acids is 1. The third-order valence-corrected chi connectivity index (χ3v) is 3.66. The van der Waals surface area contributed by atoms with Crippen molar-refractivity contribution < 1.29 is 13.8 Å². The molecule has 0 aliphatic carbocycles. The molecule has 0 radical (unpaired) electrons. The van der Waals surface area contributed by atoms with Crippen LogP contribution in [0.2, 0.25) is 0 Å². The molecule has 3 aromatic heterocycles. The van der Waals surface area contributed by atoms with E-state index >= 15 is 0 Å². The number of carbonyl (C=O) groups is 1. The van der Waals surface area contributed by atoms with Gasteiger partial charge in [0.15, 0.2) is 11.6 Å². The summed E-state index contributed by atoms with van der Waals surface area (Å²) in [6, 6.07) is 4.74. The second-order valence-electron chi connectivity index (χ2n) is 6.30. The lowest BCUT2D eigenvalue weighted by Gasteiger charge is -2.12. The average Bonchev–Trinajstić information content (AvgIpc) is 3.17. The van der Waals surface area contributed by atoms with Gasteiger partial charge in [0.1, 0.15) is 12.3 Å². The van der Waals surface area contributed by atoms with Crippen LogP contribution >= 0.6 is 0 Å². The summed E-state index contributed by atoms with van der Waals surface area (Å²) in [7, 11) is 0. The molecule has 0 bridgehead atoms. The molecule has 136 valence electrons. The van der Waals surface area contributed by atoms with Crippen molar-refractivity contribution in [2.75, 3.05) is 5.32 Å². The van der Waals surface area contributed by atoms with Gasteiger partial charge in [-0.2, -0.15) is 5.10 Å². The molecule has 3 heterocycles. The number of aromatic nitrogens is 4. The molecule has 3 rings (SSSR count). The second-order valence-corrected chi connectivity index (χ2v) is 6.30. The minimum absolute atomic E-state index is 0.0171. The van der Waals surface area contributed by atoms with Gasteiger partial charge in [-0.1, -0.05) is 24.2 Å². The van der Waals surface area contributed by atoms with E-state index in [2.05, 4.69) is 20.7 Å². The van der Waals surface area contributed by atoms with E-state index in [9.17, 15) is 9.59 Å². The summed E-state index contributed by atoms with van der Waals surface area (Å²) in [6.07, 6.45) is 0. The Labute approximate surface area is 149 Å². The number of nitrogens with one attached hydrogen (secondary N) is 1. The summed E-state index contributed by atoms with van der Waals surface area (Å²) < 4.78 is 11.3. The van der Waals surface area contributed by atoms with Crippen LogP contribution in [-0.2, 0) is 11.3 Å². The van der Waals surface area contributed by atoms with Gasteiger partial charge in [0.05, 0.1) is 11.4 Å². The van der Waals surface area contributed by atoms with Crippen LogP contribution in [-0.4, -0.2) is 26.0 Å². The molecule has 0 aliphatic rings. The molecular formula is C17H19N5O4. The number of rotatable bonds is 5. The van der Waals surface area contributed by atoms with Gasteiger partial charge in [-0.25, -0.2) is 4.68 Å². The Morgan fingerprint density at radius 2 is 1.96 bits per heavy atom. The maximum absolute atomic E-state index is 12.4. The maximum atomic E-state index is 12.4. The van der Waals surface area contributed by atoms with Crippen molar-refractivity contribution in [3.63, 3.8) is 0 Å². The number of hydrogen-bond donors (Lipinski definition) is 1. The predicted octanol–water partition coefficient (Wildman–Crippen LogP) is 2.27. The molecule has 0 aliphatic heterocycles. The Morgan fingerprint density at radius 1 is 1.19 bits per heavy atom. The van der Waals surface area contributed by atoms with Gasteiger partial charge in [0, 0.05) is 23.8 Å². The Balaban J connectivity index is 1.89. The zero-order chi connectivity index (χ0) is 18.8. The summed E-state index contributed by atoms with van der Waals surface area (Å²) in [5.41, 5.74) is 1.52. The quantitative estimate of drug-likeness (QED) is 0.744. The fraction of sp³-hybridized carbons (Fsp3) is 0.353. The van der Waals surface area contributed by atoms with Crippen LogP contribution < -0.4 is 10.9 Å². The minimum atomic E-state index is -0.425. The van der Waals surface area contributed by atoms with E-state index in [4.69, 9.17) is 9.05 Å². The molecule has 0 saturated heterocycles. The van der Waals surface area contributed by atoms with Crippen LogP contribution in [0.5, 0.6) is 0 Å². The molecule has 0 fully saturated rings. The van der Waals surface area contributed by atoms with E-state index < -0.39 is 11.5 Å². The number of amides is 1. The van der Waals surface area contributed by atoms with E-state index in [0.717, 1.165) is 4.68 Å². The molecule has 0 atom stereocenters. The molecule has 26 heavy (non-hydrogen) atoms. The van der Waals surface area contributed by atoms with E-state index in [1.54, 1.807) is 26.0 Å². The lowest BCUT2D eigenvalue weighted by molar-refractivity contribution is -0.117. The second kappa shape index (κ2) is 6.95. The van der Waals surface area contributed by atoms with Crippen LogP contribution in [0.4, 0.5) is 5.82 Å². The molecule has 0 saturated carbocycles. The van der Waals surface area contributed by atoms with E-state index in [-0.39, 0.29) is 12.5 Å². The lowest BCUT2D eigenvalue weighted by Crippen LogP contribution is -2.30. The van der Waals surface area contributed by atoms with Gasteiger partial charge in [-0.15, -0.1) is 0 Å². The first kappa shape index (κ1) is 17.6. The minimum Gasteiger partial charge on any atom is -0.360 e. The summed E-state index contributed by atoms with van der Waals surface area (Å²) in [4.78, 5) is 24.6. The fourth-order valence-electron chi connectivity index (χ4n) is 2.48. The molecule has 1 N–H and O–H groups in total. The van der Waals surface area contributed by atoms with Crippen LogP contribution in [0.3, 0.4) is 0 Å². The van der Waals surface area contributed by atoms with Gasteiger partial charge in [0.2, 0.25) is 5.91 Å². The summed E-state index contributed by atoms with van der Waals surface area (Å²) in [6.45, 7) is 7.17. The molecule has 1 amide bonds. The van der Waals surface area contributed by atoms with Crippen molar-refractivity contribution in [3.05, 3.63) is 45.7 Å². The zero-order valence-electron chi connectivity index (χ0n) is 14.9. The van der Waals surface area contributed by atoms with Crippen LogP contribution in [0.25, 0.3) is 11.3 Å². The van der Waals surface area contributed by atoms with Crippen molar-refractivity contribution in [3.8, 4) is 11.3 Å². The van der Waals surface area contributed by atoms with Gasteiger partial charge >= 0.3 is 0 Å². The first-order valence-corrected chi connectivity index (χ1v) is 8.12. The van der Waals surface area contributed by atoms with E-state index in [1.807, 2.05) is 13.8 Å². The molecular weight excluding hydrogens is 338 g/mol. The van der Waals surface area contributed by atoms with E-state index in [0.29, 0.717) is 34.3 Å². The van der Waals surface area contributed by atoms with Crippen molar-refractivity contribution in [2.45, 2.75) is 40.2 Å². The molecule has 0 unspecified atom stereocenters. The standard InChI is InChI=1S/C17H19N5O4/c1-9(2)17-12(13-5-10(3)20-26-13)7-16(24)22(19-17)8-15(23)18-14-6-11(4)25-21-14/h5-7,9H,8H2,1-4H3,(H,18,21,23). The van der Waals surface area contributed by atoms with Gasteiger partial charge < -0.3 is 14.4 Å². The smallest absolute Gasteiger partial charge is 0.267 e. The topological polar surface area (TPSA) is 116 Å². The summed E-state index contributed by atoms with van der Waals surface area (Å²) in [5.74, 6) is 0.933. The Morgan fingerprint density at radius 3 is 2.54 bits per heavy atom. The normalized spacial score (nSPS) is 11.1. The Hall–Kier alpha value is -3.23. The Bertz CT molecular complexity index is 999. The zero-order valence-corrected chi connectivity index (χ0v) is 14.9. The molecule has 9 heteroatoms. The Kier molecular flexibility index (Phi) is 4.70. The monoisotopic (exact) mass is 357 g/mol. The number of hydrogen-bond acceptors (Lipinski definition) is 7. The number of nitrogens with zero attached hydrogens (tertiary/aromatic N) is 4. The maximum Gasteiger partial charge on any atom is 0.267 e. The molecule has 0 spiro atoms. The highest BCUT2D eigenvalue weighted by Crippen LogP contribution is 2.26. The van der Waals surface area contributed by atoms with Crippen molar-refractivity contribution in [2.24, 2.45) is 0 Å². The molecule has 3 aromatic rings. The largest absolute Gasteiger partial charge is 0.360 e. The highest BCUT2D eigenvalue weighted by atomic mass is 16.5. The fourth-order valence-corrected chi connectivity index (χ4v) is 2.48. The first-order valence-electron chi connectivity index (χ1n) is 8.12. The van der Waals surface area contributed by atoms with E-state index in [1.165, 1.54) is 6.07 Å². The van der Waals surface area contributed by atoms with Crippen LogP contribution in [0, 0.1) is 13.8 Å². The highest BCUT2D eigenvalue weighted by molar-refractivity contribution is 5.89. The van der Waals surface area contributed by atoms with Gasteiger partial charge in [-0.05, 0) is 19.8 Å². The summed E-state index contributed by atoms with van der Waals surface area (Å²) in [5, 5.41) is 14.5. The van der Waals surface area contributed by atoms with Crippen molar-refractivity contribution in [1.82, 2.24) is 20.1 Å². The predicted molar refractivity (Wildman–Crippen MR) is 92.7 cm³/mol. The first-order chi connectivity index (χ1) is 12.3. The average molecular weight is 357 g/mol. The molecule has 0 aromatic carbocycles. The third kappa shape index (κ3) is 3.71. The van der Waals surface area contributed by atoms with Gasteiger partial charge in [-0.3, -0.25) is 9.59 Å². The van der Waals surface area contributed by atoms with Gasteiger partial charge in [0.25, 0.3) is 5.56 Å².